The van der Waals surface area contributed by atoms with Gasteiger partial charge in [-0.3, -0.25) is 14.6 Å². The lowest BCUT2D eigenvalue weighted by Gasteiger charge is -2.25. The van der Waals surface area contributed by atoms with Gasteiger partial charge in [0, 0.05) is 37.1 Å². The smallest absolute Gasteiger partial charge is 0.335 e. The molecule has 5 aromatic rings. The maximum Gasteiger partial charge on any atom is 0.335 e. The van der Waals surface area contributed by atoms with Crippen LogP contribution in [0.1, 0.15) is 36.2 Å². The molecule has 1 aliphatic heterocycles. The van der Waals surface area contributed by atoms with E-state index >= 15 is 0 Å². The van der Waals surface area contributed by atoms with E-state index in [1.165, 1.54) is 31.3 Å². The van der Waals surface area contributed by atoms with Gasteiger partial charge < -0.3 is 29.2 Å². The molecule has 1 aliphatic rings. The van der Waals surface area contributed by atoms with Crippen molar-refractivity contribution >= 4 is 34.1 Å². The third-order valence-electron chi connectivity index (χ3n) is 7.40. The van der Waals surface area contributed by atoms with Crippen LogP contribution in [-0.4, -0.2) is 43.9 Å². The first-order valence-corrected chi connectivity index (χ1v) is 15.1. The third kappa shape index (κ3) is 6.56. The van der Waals surface area contributed by atoms with Gasteiger partial charge in [0.25, 0.3) is 11.5 Å². The molecule has 0 aliphatic carbocycles. The number of hydrogen-bond donors (Lipinski definition) is 2. The second-order valence-corrected chi connectivity index (χ2v) is 12.1. The molecule has 0 atom stereocenters. The summed E-state index contributed by atoms with van der Waals surface area (Å²) in [6.07, 6.45) is 4.24. The fourth-order valence-electron chi connectivity index (χ4n) is 5.18. The van der Waals surface area contributed by atoms with Gasteiger partial charge in [-0.2, -0.15) is 0 Å². The molecular formula is C34H30ClFN4O7. The van der Waals surface area contributed by atoms with Gasteiger partial charge in [-0.05, 0) is 69.2 Å². The van der Waals surface area contributed by atoms with Crippen LogP contribution in [0.2, 0.25) is 5.02 Å². The number of fused-ring (bicyclic) bond motifs is 3. The number of aryl methyl sites for hydroxylation is 1. The fourth-order valence-corrected chi connectivity index (χ4v) is 5.40. The predicted octanol–water partition coefficient (Wildman–Crippen LogP) is 5.40. The highest BCUT2D eigenvalue weighted by molar-refractivity contribution is 6.34. The molecule has 0 fully saturated rings. The van der Waals surface area contributed by atoms with Gasteiger partial charge in [-0.15, -0.1) is 0 Å². The molecule has 6 rings (SSSR count). The average Bonchev–Trinajstić information content (AvgIpc) is 3.03. The Hall–Kier alpha value is -5.20. The van der Waals surface area contributed by atoms with Crippen molar-refractivity contribution in [2.75, 3.05) is 18.5 Å². The number of carbonyl (C=O) groups is 1. The zero-order valence-electron chi connectivity index (χ0n) is 25.7. The standard InChI is InChI=1S/C34H30ClFN4O7/c1-34(2,44)18-46-28-16-26-29(30-22(28)5-4-14-45-30)27(12-13-37-26)47-21-10-11-25(24(35)15-21)38-31(41)23-17-39(3)33(43)40(32(23)42)20-8-6-19(36)7-9-20/h6-13,15-17,44H,4-5,14,18H2,1-3H3,(H,38,41). The summed E-state index contributed by atoms with van der Waals surface area (Å²) in [5.74, 6) is 0.658. The van der Waals surface area contributed by atoms with Gasteiger partial charge in [0.1, 0.15) is 41.0 Å². The highest BCUT2D eigenvalue weighted by atomic mass is 35.5. The Morgan fingerprint density at radius 3 is 2.62 bits per heavy atom. The van der Waals surface area contributed by atoms with Crippen LogP contribution in [0.15, 0.2) is 76.6 Å². The summed E-state index contributed by atoms with van der Waals surface area (Å²) >= 11 is 6.55. The van der Waals surface area contributed by atoms with Gasteiger partial charge in [0.15, 0.2) is 0 Å². The lowest BCUT2D eigenvalue weighted by molar-refractivity contribution is 0.0279. The molecule has 0 saturated carbocycles. The zero-order valence-corrected chi connectivity index (χ0v) is 26.4. The first kappa shape index (κ1) is 31.8. The number of ether oxygens (including phenoxy) is 3. The molecule has 0 spiro atoms. The average molecular weight is 661 g/mol. The molecule has 0 saturated heterocycles. The van der Waals surface area contributed by atoms with Crippen molar-refractivity contribution in [1.82, 2.24) is 14.1 Å². The van der Waals surface area contributed by atoms with Crippen molar-refractivity contribution in [3.05, 3.63) is 110 Å². The SMILES string of the molecule is Cn1cc(C(=O)Nc2ccc(Oc3ccnc4cc(OCC(C)(C)O)c5c(c34)OCCC5)cc2Cl)c(=O)n(-c2ccc(F)cc2)c1=O. The summed E-state index contributed by atoms with van der Waals surface area (Å²) in [7, 11) is 1.40. The molecule has 11 nitrogen and oxygen atoms in total. The number of hydrogen-bond acceptors (Lipinski definition) is 8. The van der Waals surface area contributed by atoms with Crippen molar-refractivity contribution < 1.29 is 28.5 Å². The number of amides is 1. The molecule has 0 bridgehead atoms. The summed E-state index contributed by atoms with van der Waals surface area (Å²) in [5, 5.41) is 13.6. The van der Waals surface area contributed by atoms with Crippen LogP contribution in [0.5, 0.6) is 23.0 Å². The fraction of sp³-hybridized carbons (Fsp3) is 0.235. The number of nitrogens with one attached hydrogen (secondary N) is 1. The first-order valence-electron chi connectivity index (χ1n) is 14.7. The van der Waals surface area contributed by atoms with Crippen LogP contribution in [0, 0.1) is 5.82 Å². The van der Waals surface area contributed by atoms with Gasteiger partial charge in [0.2, 0.25) is 0 Å². The van der Waals surface area contributed by atoms with Crippen molar-refractivity contribution in [1.29, 1.82) is 0 Å². The molecule has 0 unspecified atom stereocenters. The summed E-state index contributed by atoms with van der Waals surface area (Å²) in [4.78, 5) is 43.7. The minimum Gasteiger partial charge on any atom is -0.492 e. The van der Waals surface area contributed by atoms with Crippen LogP contribution in [0.3, 0.4) is 0 Å². The molecule has 242 valence electrons. The maximum atomic E-state index is 13.5. The Bertz CT molecular complexity index is 2140. The van der Waals surface area contributed by atoms with Crippen LogP contribution >= 0.6 is 11.6 Å². The van der Waals surface area contributed by atoms with Crippen LogP contribution < -0.4 is 30.8 Å². The summed E-state index contributed by atoms with van der Waals surface area (Å²) < 4.78 is 33.6. The number of halogens is 2. The van der Waals surface area contributed by atoms with Gasteiger partial charge >= 0.3 is 5.69 Å². The van der Waals surface area contributed by atoms with E-state index in [-0.39, 0.29) is 28.6 Å². The molecular weight excluding hydrogens is 631 g/mol. The lowest BCUT2D eigenvalue weighted by Crippen LogP contribution is -2.41. The Labute approximate surface area is 272 Å². The molecule has 47 heavy (non-hydrogen) atoms. The molecule has 3 aromatic carbocycles. The monoisotopic (exact) mass is 660 g/mol. The summed E-state index contributed by atoms with van der Waals surface area (Å²) in [6, 6.07) is 12.9. The van der Waals surface area contributed by atoms with E-state index < -0.39 is 28.6 Å². The van der Waals surface area contributed by atoms with E-state index in [1.807, 2.05) is 0 Å². The normalized spacial score (nSPS) is 12.7. The highest BCUT2D eigenvalue weighted by Crippen LogP contribution is 2.44. The van der Waals surface area contributed by atoms with E-state index in [2.05, 4.69) is 10.3 Å². The first-order chi connectivity index (χ1) is 22.4. The highest BCUT2D eigenvalue weighted by Gasteiger charge is 2.25. The van der Waals surface area contributed by atoms with E-state index in [4.69, 9.17) is 25.8 Å². The van der Waals surface area contributed by atoms with Gasteiger partial charge in [0.05, 0.1) is 39.5 Å². The van der Waals surface area contributed by atoms with Crippen LogP contribution in [0.4, 0.5) is 10.1 Å². The largest absolute Gasteiger partial charge is 0.492 e. The van der Waals surface area contributed by atoms with Crippen LogP contribution in [-0.2, 0) is 13.5 Å². The Kier molecular flexibility index (Phi) is 8.47. The van der Waals surface area contributed by atoms with Crippen molar-refractivity contribution in [2.24, 2.45) is 7.05 Å². The molecule has 0 radical (unpaired) electrons. The second kappa shape index (κ2) is 12.5. The van der Waals surface area contributed by atoms with E-state index in [1.54, 1.807) is 38.2 Å². The zero-order chi connectivity index (χ0) is 33.5. The Morgan fingerprint density at radius 2 is 1.89 bits per heavy atom. The maximum absolute atomic E-state index is 13.5. The summed E-state index contributed by atoms with van der Waals surface area (Å²) in [5.41, 5.74) is -1.19. The lowest BCUT2D eigenvalue weighted by atomic mass is 10.0. The van der Waals surface area contributed by atoms with Crippen molar-refractivity contribution in [2.45, 2.75) is 32.3 Å². The summed E-state index contributed by atoms with van der Waals surface area (Å²) in [6.45, 7) is 3.94. The second-order valence-electron chi connectivity index (χ2n) is 11.7. The third-order valence-corrected chi connectivity index (χ3v) is 7.71. The number of carbonyl (C=O) groups excluding carboxylic acids is 1. The predicted molar refractivity (Wildman–Crippen MR) is 174 cm³/mol. The van der Waals surface area contributed by atoms with E-state index in [0.29, 0.717) is 46.9 Å². The number of anilines is 1. The number of aliphatic hydroxyl groups is 1. The number of aromatic nitrogens is 3. The minimum atomic E-state index is -1.02. The topological polar surface area (TPSA) is 134 Å². The van der Waals surface area contributed by atoms with Crippen LogP contribution in [0.25, 0.3) is 16.6 Å². The molecule has 3 heterocycles. The van der Waals surface area contributed by atoms with Crippen molar-refractivity contribution in [3.63, 3.8) is 0 Å². The number of benzene rings is 3. The van der Waals surface area contributed by atoms with Gasteiger partial charge in [-0.1, -0.05) is 11.6 Å². The number of rotatable bonds is 8. The molecule has 2 aromatic heterocycles. The van der Waals surface area contributed by atoms with Gasteiger partial charge in [-0.25, -0.2) is 13.8 Å². The van der Waals surface area contributed by atoms with Crippen molar-refractivity contribution in [3.8, 4) is 28.7 Å². The number of nitrogens with zero attached hydrogens (tertiary/aromatic N) is 3. The quantitative estimate of drug-likeness (QED) is 0.226. The Morgan fingerprint density at radius 1 is 1.13 bits per heavy atom. The molecule has 2 N–H and O–H groups in total. The van der Waals surface area contributed by atoms with E-state index in [0.717, 1.165) is 39.4 Å². The number of pyridine rings is 1. The minimum absolute atomic E-state index is 0.0926. The Balaban J connectivity index is 1.28. The van der Waals surface area contributed by atoms with E-state index in [9.17, 15) is 23.9 Å². The molecule has 1 amide bonds. The molecule has 13 heteroatoms.